The van der Waals surface area contributed by atoms with E-state index in [1.807, 2.05) is 20.8 Å². The highest BCUT2D eigenvalue weighted by Gasteiger charge is 2.17. The van der Waals surface area contributed by atoms with E-state index >= 15 is 0 Å². The molecule has 0 aromatic rings. The van der Waals surface area contributed by atoms with E-state index < -0.39 is 6.04 Å². The van der Waals surface area contributed by atoms with E-state index in [9.17, 15) is 4.79 Å². The number of hydrogen-bond donors (Lipinski definition) is 1. The molecule has 0 saturated heterocycles. The van der Waals surface area contributed by atoms with Crippen molar-refractivity contribution in [2.24, 2.45) is 0 Å². The molecule has 0 aromatic heterocycles. The molecular weight excluding hydrogens is 170 g/mol. The van der Waals surface area contributed by atoms with Crippen molar-refractivity contribution in [2.45, 2.75) is 46.3 Å². The number of nitrogens with one attached hydrogen (secondary N) is 1. The summed E-state index contributed by atoms with van der Waals surface area (Å²) in [5.41, 5.74) is 2.33. The second-order valence-electron chi connectivity index (χ2n) is 3.81. The van der Waals surface area contributed by atoms with Crippen molar-refractivity contribution in [2.75, 3.05) is 6.61 Å². The van der Waals surface area contributed by atoms with Gasteiger partial charge in [0.1, 0.15) is 6.04 Å². The molecule has 13 heavy (non-hydrogen) atoms. The lowest BCUT2D eigenvalue weighted by Crippen LogP contribution is -2.40. The molecule has 0 aliphatic heterocycles. The molecule has 0 aliphatic rings. The smallest absolute Gasteiger partial charge is 0.325 e. The minimum absolute atomic E-state index is 0.299. The van der Waals surface area contributed by atoms with Crippen molar-refractivity contribution in [3.05, 3.63) is 0 Å². The van der Waals surface area contributed by atoms with Crippen LogP contribution < -0.4 is 5.48 Å². The highest BCUT2D eigenvalue weighted by atomic mass is 16.7. The molecule has 0 saturated carbocycles. The zero-order valence-corrected chi connectivity index (χ0v) is 9.01. The van der Waals surface area contributed by atoms with Gasteiger partial charge >= 0.3 is 5.97 Å². The fourth-order valence-corrected chi connectivity index (χ4v) is 0.581. The summed E-state index contributed by atoms with van der Waals surface area (Å²) in [6.45, 7) is 9.56. The quantitative estimate of drug-likeness (QED) is 0.534. The molecule has 4 heteroatoms. The van der Waals surface area contributed by atoms with Crippen LogP contribution in [0.15, 0.2) is 0 Å². The molecule has 0 rings (SSSR count). The summed E-state index contributed by atoms with van der Waals surface area (Å²) < 4.78 is 4.79. The summed E-state index contributed by atoms with van der Waals surface area (Å²) in [5, 5.41) is 0. The predicted molar refractivity (Wildman–Crippen MR) is 50.1 cm³/mol. The van der Waals surface area contributed by atoms with Crippen LogP contribution >= 0.6 is 0 Å². The Kier molecular flexibility index (Phi) is 4.95. The van der Waals surface area contributed by atoms with Gasteiger partial charge in [0.15, 0.2) is 0 Å². The molecule has 1 N–H and O–H groups in total. The van der Waals surface area contributed by atoms with Crippen molar-refractivity contribution in [1.82, 2.24) is 5.48 Å². The van der Waals surface area contributed by atoms with Gasteiger partial charge in [-0.25, -0.2) is 0 Å². The molecule has 0 aliphatic carbocycles. The van der Waals surface area contributed by atoms with Crippen LogP contribution in [-0.4, -0.2) is 24.2 Å². The van der Waals surface area contributed by atoms with E-state index in [4.69, 9.17) is 9.57 Å². The van der Waals surface area contributed by atoms with Crippen molar-refractivity contribution in [1.29, 1.82) is 0 Å². The van der Waals surface area contributed by atoms with Gasteiger partial charge in [-0.3, -0.25) is 9.63 Å². The topological polar surface area (TPSA) is 47.6 Å². The Morgan fingerprint density at radius 3 is 2.38 bits per heavy atom. The minimum Gasteiger partial charge on any atom is -0.465 e. The molecular formula is C9H19NO3. The maximum absolute atomic E-state index is 11.1. The van der Waals surface area contributed by atoms with E-state index in [1.165, 1.54) is 0 Å². The van der Waals surface area contributed by atoms with Gasteiger partial charge in [0.25, 0.3) is 0 Å². The van der Waals surface area contributed by atoms with Gasteiger partial charge in [-0.2, -0.15) is 5.48 Å². The molecule has 1 unspecified atom stereocenters. The second-order valence-corrected chi connectivity index (χ2v) is 3.81. The first kappa shape index (κ1) is 12.4. The summed E-state index contributed by atoms with van der Waals surface area (Å²) in [6.07, 6.45) is 0. The fraction of sp³-hybridized carbons (Fsp3) is 0.889. The van der Waals surface area contributed by atoms with E-state index in [0.717, 1.165) is 0 Å². The molecule has 0 bridgehead atoms. The van der Waals surface area contributed by atoms with Gasteiger partial charge in [0.2, 0.25) is 0 Å². The lowest BCUT2D eigenvalue weighted by molar-refractivity contribution is -0.154. The van der Waals surface area contributed by atoms with Crippen LogP contribution in [0.25, 0.3) is 0 Å². The molecule has 0 aromatic carbocycles. The van der Waals surface area contributed by atoms with Gasteiger partial charge < -0.3 is 4.74 Å². The molecule has 1 atom stereocenters. The minimum atomic E-state index is -0.431. The average molecular weight is 189 g/mol. The Balaban J connectivity index is 3.74. The lowest BCUT2D eigenvalue weighted by Gasteiger charge is -2.21. The lowest BCUT2D eigenvalue weighted by atomic mass is 10.2. The van der Waals surface area contributed by atoms with Crippen LogP contribution in [0.5, 0.6) is 0 Å². The van der Waals surface area contributed by atoms with Gasteiger partial charge in [-0.1, -0.05) is 0 Å². The van der Waals surface area contributed by atoms with Crippen LogP contribution in [-0.2, 0) is 14.4 Å². The zero-order chi connectivity index (χ0) is 10.5. The van der Waals surface area contributed by atoms with Crippen molar-refractivity contribution in [3.63, 3.8) is 0 Å². The Bertz CT molecular complexity index is 163. The number of hydrogen-bond acceptors (Lipinski definition) is 4. The maximum Gasteiger partial charge on any atom is 0.325 e. The van der Waals surface area contributed by atoms with Crippen LogP contribution in [0.2, 0.25) is 0 Å². The number of esters is 1. The first-order valence-corrected chi connectivity index (χ1v) is 4.47. The Hall–Kier alpha value is -0.610. The Morgan fingerprint density at radius 2 is 2.00 bits per heavy atom. The zero-order valence-electron chi connectivity index (χ0n) is 9.01. The largest absolute Gasteiger partial charge is 0.465 e. The van der Waals surface area contributed by atoms with Crippen LogP contribution in [0.3, 0.4) is 0 Å². The van der Waals surface area contributed by atoms with Crippen molar-refractivity contribution >= 4 is 5.97 Å². The first-order chi connectivity index (χ1) is 5.87. The molecule has 0 fully saturated rings. The summed E-state index contributed by atoms with van der Waals surface area (Å²) in [5.74, 6) is -0.299. The number of hydroxylamine groups is 1. The van der Waals surface area contributed by atoms with Crippen LogP contribution in [0.1, 0.15) is 34.6 Å². The van der Waals surface area contributed by atoms with E-state index in [-0.39, 0.29) is 11.6 Å². The normalized spacial score (nSPS) is 13.9. The Labute approximate surface area is 79.6 Å². The van der Waals surface area contributed by atoms with Gasteiger partial charge in [0.05, 0.1) is 12.2 Å². The molecule has 0 heterocycles. The molecule has 78 valence electrons. The third-order valence-electron chi connectivity index (χ3n) is 1.18. The highest BCUT2D eigenvalue weighted by Crippen LogP contribution is 2.04. The summed E-state index contributed by atoms with van der Waals surface area (Å²) >= 11 is 0. The standard InChI is InChI=1S/C9H19NO3/c1-6-12-8(11)7(2)10-13-9(3,4)5/h7,10H,6H2,1-5H3. The Morgan fingerprint density at radius 1 is 1.46 bits per heavy atom. The molecule has 0 spiro atoms. The number of carbonyl (C=O) groups excluding carboxylic acids is 1. The predicted octanol–water partition coefficient (Wildman–Crippen LogP) is 1.26. The third kappa shape index (κ3) is 6.54. The third-order valence-corrected chi connectivity index (χ3v) is 1.18. The van der Waals surface area contributed by atoms with Gasteiger partial charge in [-0.05, 0) is 34.6 Å². The second kappa shape index (κ2) is 5.19. The van der Waals surface area contributed by atoms with Crippen molar-refractivity contribution < 1.29 is 14.4 Å². The number of rotatable bonds is 4. The van der Waals surface area contributed by atoms with Gasteiger partial charge in [0, 0.05) is 0 Å². The van der Waals surface area contributed by atoms with Crippen LogP contribution in [0, 0.1) is 0 Å². The first-order valence-electron chi connectivity index (χ1n) is 4.47. The average Bonchev–Trinajstić information content (AvgIpc) is 1.99. The van der Waals surface area contributed by atoms with Crippen molar-refractivity contribution in [3.8, 4) is 0 Å². The summed E-state index contributed by atoms with van der Waals surface area (Å²) in [4.78, 5) is 16.3. The summed E-state index contributed by atoms with van der Waals surface area (Å²) in [6, 6.07) is -0.431. The summed E-state index contributed by atoms with van der Waals surface area (Å²) in [7, 11) is 0. The SMILES string of the molecule is CCOC(=O)C(C)NOC(C)(C)C. The number of ether oxygens (including phenoxy) is 1. The highest BCUT2D eigenvalue weighted by molar-refractivity contribution is 5.74. The van der Waals surface area contributed by atoms with Gasteiger partial charge in [-0.15, -0.1) is 0 Å². The molecule has 0 amide bonds. The molecule has 4 nitrogen and oxygen atoms in total. The molecule has 0 radical (unpaired) electrons. The monoisotopic (exact) mass is 189 g/mol. The van der Waals surface area contributed by atoms with E-state index in [2.05, 4.69) is 5.48 Å². The van der Waals surface area contributed by atoms with E-state index in [0.29, 0.717) is 6.61 Å². The van der Waals surface area contributed by atoms with E-state index in [1.54, 1.807) is 13.8 Å². The van der Waals surface area contributed by atoms with Crippen LogP contribution in [0.4, 0.5) is 0 Å². The number of carbonyl (C=O) groups is 1. The fourth-order valence-electron chi connectivity index (χ4n) is 0.581. The maximum atomic E-state index is 11.1.